The fraction of sp³-hybridized carbons (Fsp3) is 0.222. The number of ether oxygens (including phenoxy) is 1. The van der Waals surface area contributed by atoms with E-state index >= 15 is 0 Å². The number of rotatable bonds is 7. The Morgan fingerprint density at radius 2 is 1.75 bits per heavy atom. The lowest BCUT2D eigenvalue weighted by molar-refractivity contribution is -0.274. The van der Waals surface area contributed by atoms with Gasteiger partial charge in [-0.15, -0.1) is 13.2 Å². The number of aliphatic hydroxyl groups excluding tert-OH is 1. The van der Waals surface area contributed by atoms with Crippen LogP contribution in [0.2, 0.25) is 0 Å². The smallest absolute Gasteiger partial charge is 0.405 e. The topological polar surface area (TPSA) is 74.3 Å². The molecule has 4 aromatic rings. The van der Waals surface area contributed by atoms with Gasteiger partial charge in [0.25, 0.3) is 5.91 Å². The lowest BCUT2D eigenvalue weighted by Gasteiger charge is -2.29. The van der Waals surface area contributed by atoms with Crippen LogP contribution >= 0.6 is 0 Å². The van der Waals surface area contributed by atoms with Crippen molar-refractivity contribution in [2.45, 2.75) is 32.2 Å². The van der Waals surface area contributed by atoms with Gasteiger partial charge in [0.2, 0.25) is 0 Å². The molecule has 0 saturated carbocycles. The number of alkyl halides is 3. The predicted octanol–water partition coefficient (Wildman–Crippen LogP) is 5.90. The molecule has 5 nitrogen and oxygen atoms in total. The van der Waals surface area contributed by atoms with E-state index < -0.39 is 36.0 Å². The average molecular weight is 500 g/mol. The van der Waals surface area contributed by atoms with Gasteiger partial charge in [0.15, 0.2) is 0 Å². The highest BCUT2D eigenvalue weighted by atomic mass is 19.4. The first-order valence-electron chi connectivity index (χ1n) is 11.1. The van der Waals surface area contributed by atoms with E-state index in [1.165, 1.54) is 30.3 Å². The Kier molecular flexibility index (Phi) is 6.77. The van der Waals surface area contributed by atoms with Gasteiger partial charge < -0.3 is 20.1 Å². The number of halogens is 4. The molecular formula is C27H24F4N2O3. The number of para-hydroxylation sites is 1. The van der Waals surface area contributed by atoms with E-state index in [0.717, 1.165) is 22.5 Å². The van der Waals surface area contributed by atoms with Gasteiger partial charge in [-0.25, -0.2) is 4.39 Å². The summed E-state index contributed by atoms with van der Waals surface area (Å²) in [5.41, 5.74) is 1.41. The largest absolute Gasteiger partial charge is 0.573 e. The number of aromatic amines is 1. The zero-order valence-electron chi connectivity index (χ0n) is 19.5. The molecule has 0 aliphatic rings. The van der Waals surface area contributed by atoms with Gasteiger partial charge in [-0.05, 0) is 72.9 Å². The maximum absolute atomic E-state index is 13.7. The summed E-state index contributed by atoms with van der Waals surface area (Å²) in [6, 6.07) is 15.4. The van der Waals surface area contributed by atoms with Crippen molar-refractivity contribution in [2.24, 2.45) is 0 Å². The van der Waals surface area contributed by atoms with Crippen molar-refractivity contribution in [1.29, 1.82) is 0 Å². The zero-order chi connectivity index (χ0) is 26.1. The number of aliphatic hydroxyl groups is 1. The molecule has 188 valence electrons. The number of hydrogen-bond donors (Lipinski definition) is 3. The summed E-state index contributed by atoms with van der Waals surface area (Å²) in [7, 11) is 0. The Morgan fingerprint density at radius 1 is 1.06 bits per heavy atom. The van der Waals surface area contributed by atoms with Gasteiger partial charge in [-0.1, -0.05) is 30.3 Å². The van der Waals surface area contributed by atoms with E-state index in [4.69, 9.17) is 0 Å². The number of aromatic nitrogens is 1. The highest BCUT2D eigenvalue weighted by molar-refractivity contribution is 5.99. The molecule has 0 spiro atoms. The van der Waals surface area contributed by atoms with E-state index in [2.05, 4.69) is 15.0 Å². The normalized spacial score (nSPS) is 13.4. The van der Waals surface area contributed by atoms with Crippen LogP contribution in [0.1, 0.15) is 28.4 Å². The van der Waals surface area contributed by atoms with E-state index in [1.807, 2.05) is 24.3 Å². The highest BCUT2D eigenvalue weighted by Crippen LogP contribution is 2.32. The van der Waals surface area contributed by atoms with Gasteiger partial charge in [0, 0.05) is 17.1 Å². The minimum absolute atomic E-state index is 0.214. The monoisotopic (exact) mass is 500 g/mol. The second kappa shape index (κ2) is 9.66. The Bertz CT molecular complexity index is 1410. The van der Waals surface area contributed by atoms with Crippen molar-refractivity contribution >= 4 is 16.8 Å². The van der Waals surface area contributed by atoms with Crippen LogP contribution in [0.15, 0.2) is 66.9 Å². The third-order valence-corrected chi connectivity index (χ3v) is 5.96. The molecular weight excluding hydrogens is 476 g/mol. The Morgan fingerprint density at radius 3 is 2.44 bits per heavy atom. The van der Waals surface area contributed by atoms with Crippen LogP contribution in [0.3, 0.4) is 0 Å². The summed E-state index contributed by atoms with van der Waals surface area (Å²) in [6.45, 7) is 2.69. The Balaban J connectivity index is 1.68. The van der Waals surface area contributed by atoms with Crippen molar-refractivity contribution in [3.8, 4) is 16.9 Å². The number of nitrogens with one attached hydrogen (secondary N) is 2. The van der Waals surface area contributed by atoms with Crippen LogP contribution in [0.25, 0.3) is 22.0 Å². The fourth-order valence-electron chi connectivity index (χ4n) is 4.10. The minimum atomic E-state index is -5.02. The van der Waals surface area contributed by atoms with Crippen LogP contribution in [0.5, 0.6) is 5.75 Å². The second-order valence-corrected chi connectivity index (χ2v) is 8.93. The molecule has 3 N–H and O–H groups in total. The average Bonchev–Trinajstić information content (AvgIpc) is 3.22. The molecule has 9 heteroatoms. The van der Waals surface area contributed by atoms with E-state index in [9.17, 15) is 27.5 Å². The quantitative estimate of drug-likeness (QED) is 0.277. The van der Waals surface area contributed by atoms with Gasteiger partial charge in [0.1, 0.15) is 11.6 Å². The molecule has 0 aliphatic carbocycles. The number of H-pyrrole nitrogens is 1. The van der Waals surface area contributed by atoms with Crippen LogP contribution in [-0.4, -0.2) is 34.5 Å². The van der Waals surface area contributed by atoms with Crippen LogP contribution in [-0.2, 0) is 6.42 Å². The van der Waals surface area contributed by atoms with E-state index in [1.54, 1.807) is 20.0 Å². The third kappa shape index (κ3) is 5.52. The molecule has 0 saturated heterocycles. The number of carbonyl (C=O) groups excluding carboxylic acids is 1. The van der Waals surface area contributed by atoms with Crippen LogP contribution in [0, 0.1) is 12.7 Å². The summed E-state index contributed by atoms with van der Waals surface area (Å²) < 4.78 is 57.0. The maximum atomic E-state index is 13.7. The summed E-state index contributed by atoms with van der Waals surface area (Å²) in [4.78, 5) is 16.4. The van der Waals surface area contributed by atoms with E-state index in [0.29, 0.717) is 16.7 Å². The number of benzene rings is 3. The van der Waals surface area contributed by atoms with Gasteiger partial charge in [0.05, 0.1) is 17.7 Å². The molecule has 1 amide bonds. The first kappa shape index (κ1) is 25.2. The molecule has 0 bridgehead atoms. The van der Waals surface area contributed by atoms with Crippen molar-refractivity contribution in [1.82, 2.24) is 10.3 Å². The molecule has 0 aliphatic heterocycles. The van der Waals surface area contributed by atoms with Crippen molar-refractivity contribution < 1.29 is 32.2 Å². The molecule has 1 atom stereocenters. The van der Waals surface area contributed by atoms with Crippen LogP contribution < -0.4 is 10.1 Å². The van der Waals surface area contributed by atoms with E-state index in [-0.39, 0.29) is 12.0 Å². The first-order valence-corrected chi connectivity index (χ1v) is 11.1. The molecule has 1 heterocycles. The first-order chi connectivity index (χ1) is 17.0. The molecule has 1 unspecified atom stereocenters. The lowest BCUT2D eigenvalue weighted by Crippen LogP contribution is -2.50. The summed E-state index contributed by atoms with van der Waals surface area (Å²) in [6.07, 6.45) is -3.04. The Labute approximate surface area is 204 Å². The Hall–Kier alpha value is -3.85. The van der Waals surface area contributed by atoms with Crippen molar-refractivity contribution in [2.75, 3.05) is 6.61 Å². The maximum Gasteiger partial charge on any atom is 0.573 e. The molecule has 0 radical (unpaired) electrons. The van der Waals surface area contributed by atoms with Gasteiger partial charge in [-0.3, -0.25) is 4.79 Å². The van der Waals surface area contributed by atoms with Gasteiger partial charge >= 0.3 is 6.36 Å². The molecule has 3 aromatic carbocycles. The number of fused-ring (bicyclic) bond motifs is 1. The number of aryl methyl sites for hydroxylation is 1. The summed E-state index contributed by atoms with van der Waals surface area (Å²) in [5, 5.41) is 13.7. The van der Waals surface area contributed by atoms with Crippen molar-refractivity contribution in [3.63, 3.8) is 0 Å². The fourth-order valence-corrected chi connectivity index (χ4v) is 4.10. The summed E-state index contributed by atoms with van der Waals surface area (Å²) >= 11 is 0. The molecule has 0 fully saturated rings. The molecule has 4 rings (SSSR count). The molecule has 1 aromatic heterocycles. The number of amides is 1. The number of carbonyl (C=O) groups is 1. The highest BCUT2D eigenvalue weighted by Gasteiger charge is 2.34. The summed E-state index contributed by atoms with van der Waals surface area (Å²) in [5.74, 6) is -1.97. The second-order valence-electron chi connectivity index (χ2n) is 8.93. The predicted molar refractivity (Wildman–Crippen MR) is 128 cm³/mol. The zero-order valence-corrected chi connectivity index (χ0v) is 19.5. The van der Waals surface area contributed by atoms with Crippen molar-refractivity contribution in [3.05, 3.63) is 89.4 Å². The lowest BCUT2D eigenvalue weighted by atomic mass is 9.92. The SMILES string of the molecule is Cc1cc(-c2ccc(OC(F)(F)F)c(C(=O)NC(C)(CO)Cc3c[nH]c4ccccc34)c2)ccc1F. The minimum Gasteiger partial charge on any atom is -0.405 e. The molecule has 36 heavy (non-hydrogen) atoms. The third-order valence-electron chi connectivity index (χ3n) is 5.96. The van der Waals surface area contributed by atoms with Crippen LogP contribution in [0.4, 0.5) is 17.6 Å². The number of hydrogen-bond acceptors (Lipinski definition) is 3. The van der Waals surface area contributed by atoms with Gasteiger partial charge in [-0.2, -0.15) is 0 Å². The standard InChI is InChI=1S/C27H24F4N2O3/c1-16-11-17(7-9-22(16)28)18-8-10-24(36-27(29,30)31)21(12-18)25(35)33-26(2,15-34)13-19-14-32-23-6-4-3-5-20(19)23/h3-12,14,32,34H,13,15H2,1-2H3,(H,33,35).